The third-order valence-corrected chi connectivity index (χ3v) is 7.32. The van der Waals surface area contributed by atoms with Gasteiger partial charge in [-0.25, -0.2) is 8.42 Å². The van der Waals surface area contributed by atoms with Crippen LogP contribution in [-0.2, 0) is 14.6 Å². The standard InChI is InChI=1S/C17H24ClN3O4S/c1-25-14-4-2-13(3-5-14)21-8-6-20(7-9-21)10-17(22)19-16-12-26(23,24)11-15(16)18/h2-5,15-16H,6-12H2,1H3,(H,19,22)/p+1/t15-,16+/m0/s1. The number of quaternary nitrogens is 1. The second kappa shape index (κ2) is 8.02. The summed E-state index contributed by atoms with van der Waals surface area (Å²) in [5, 5.41) is 2.25. The highest BCUT2D eigenvalue weighted by Gasteiger charge is 2.37. The molecule has 0 aromatic heterocycles. The molecule has 0 spiro atoms. The molecule has 3 rings (SSSR count). The van der Waals surface area contributed by atoms with Crippen LogP contribution in [0.1, 0.15) is 0 Å². The molecule has 0 saturated carbocycles. The molecule has 2 saturated heterocycles. The number of ether oxygens (including phenoxy) is 1. The largest absolute Gasteiger partial charge is 0.497 e. The molecule has 1 amide bonds. The third kappa shape index (κ3) is 4.81. The molecule has 2 atom stereocenters. The summed E-state index contributed by atoms with van der Waals surface area (Å²) in [5.41, 5.74) is 1.15. The SMILES string of the molecule is COc1ccc(N2CC[NH+](CC(=O)N[C@@H]3CS(=O)(=O)C[C@@H]3Cl)CC2)cc1. The summed E-state index contributed by atoms with van der Waals surface area (Å²) in [5.74, 6) is 0.576. The van der Waals surface area contributed by atoms with Gasteiger partial charge in [-0.05, 0) is 24.3 Å². The molecule has 1 aromatic carbocycles. The molecular formula is C17H25ClN3O4S+. The first-order valence-electron chi connectivity index (χ1n) is 8.73. The maximum atomic E-state index is 12.2. The summed E-state index contributed by atoms with van der Waals surface area (Å²) in [6, 6.07) is 7.49. The van der Waals surface area contributed by atoms with Gasteiger partial charge in [0, 0.05) is 5.69 Å². The Morgan fingerprint density at radius 1 is 1.27 bits per heavy atom. The fourth-order valence-electron chi connectivity index (χ4n) is 3.47. The minimum Gasteiger partial charge on any atom is -0.497 e. The molecule has 144 valence electrons. The molecule has 2 N–H and O–H groups in total. The number of anilines is 1. The number of sulfone groups is 1. The van der Waals surface area contributed by atoms with Gasteiger partial charge in [-0.2, -0.15) is 0 Å². The zero-order chi connectivity index (χ0) is 18.7. The van der Waals surface area contributed by atoms with Crippen LogP contribution in [-0.4, -0.2) is 77.1 Å². The molecule has 7 nitrogen and oxygen atoms in total. The first-order chi connectivity index (χ1) is 12.4. The van der Waals surface area contributed by atoms with E-state index in [0.717, 1.165) is 37.6 Å². The van der Waals surface area contributed by atoms with E-state index < -0.39 is 21.3 Å². The van der Waals surface area contributed by atoms with E-state index >= 15 is 0 Å². The van der Waals surface area contributed by atoms with Gasteiger partial charge < -0.3 is 19.9 Å². The Bertz CT molecular complexity index is 733. The summed E-state index contributed by atoms with van der Waals surface area (Å²) >= 11 is 6.04. The van der Waals surface area contributed by atoms with E-state index in [2.05, 4.69) is 10.2 Å². The number of halogens is 1. The number of piperazine rings is 1. The van der Waals surface area contributed by atoms with Gasteiger partial charge in [0.25, 0.3) is 5.91 Å². The van der Waals surface area contributed by atoms with E-state index in [4.69, 9.17) is 16.3 Å². The van der Waals surface area contributed by atoms with Crippen LogP contribution in [0.3, 0.4) is 0 Å². The van der Waals surface area contributed by atoms with Crippen molar-refractivity contribution in [3.63, 3.8) is 0 Å². The number of amides is 1. The summed E-state index contributed by atoms with van der Waals surface area (Å²) in [6.07, 6.45) is 0. The second-order valence-corrected chi connectivity index (χ2v) is 9.59. The molecule has 0 aliphatic carbocycles. The van der Waals surface area contributed by atoms with Gasteiger partial charge in [0.15, 0.2) is 16.4 Å². The van der Waals surface area contributed by atoms with Crippen LogP contribution in [0.5, 0.6) is 5.75 Å². The number of nitrogens with zero attached hydrogens (tertiary/aromatic N) is 1. The molecule has 2 fully saturated rings. The first kappa shape index (κ1) is 19.3. The lowest BCUT2D eigenvalue weighted by Crippen LogP contribution is -3.16. The highest BCUT2D eigenvalue weighted by molar-refractivity contribution is 7.91. The van der Waals surface area contributed by atoms with Crippen LogP contribution in [0, 0.1) is 0 Å². The van der Waals surface area contributed by atoms with Gasteiger partial charge in [0.2, 0.25) is 0 Å². The first-order valence-corrected chi connectivity index (χ1v) is 11.0. The molecule has 26 heavy (non-hydrogen) atoms. The average Bonchev–Trinajstić information content (AvgIpc) is 2.87. The topological polar surface area (TPSA) is 80.2 Å². The van der Waals surface area contributed by atoms with Gasteiger partial charge in [0.1, 0.15) is 5.75 Å². The van der Waals surface area contributed by atoms with E-state index in [1.807, 2.05) is 24.3 Å². The molecule has 2 aliphatic heterocycles. The number of nitrogens with one attached hydrogen (secondary N) is 2. The highest BCUT2D eigenvalue weighted by Crippen LogP contribution is 2.19. The van der Waals surface area contributed by atoms with Crippen molar-refractivity contribution in [2.24, 2.45) is 0 Å². The van der Waals surface area contributed by atoms with E-state index in [1.165, 1.54) is 4.90 Å². The van der Waals surface area contributed by atoms with Crippen molar-refractivity contribution in [3.05, 3.63) is 24.3 Å². The van der Waals surface area contributed by atoms with Crippen LogP contribution in [0.2, 0.25) is 0 Å². The molecule has 2 heterocycles. The number of hydrogen-bond donors (Lipinski definition) is 2. The number of benzene rings is 1. The third-order valence-electron chi connectivity index (χ3n) is 4.95. The number of alkyl halides is 1. The Labute approximate surface area is 159 Å². The number of methoxy groups -OCH3 is 1. The van der Waals surface area contributed by atoms with Crippen LogP contribution in [0.15, 0.2) is 24.3 Å². The molecule has 1 aromatic rings. The Morgan fingerprint density at radius 3 is 2.46 bits per heavy atom. The lowest BCUT2D eigenvalue weighted by molar-refractivity contribution is -0.892. The number of rotatable bonds is 5. The van der Waals surface area contributed by atoms with Gasteiger partial charge in [-0.3, -0.25) is 4.79 Å². The summed E-state index contributed by atoms with van der Waals surface area (Å²) in [7, 11) is -1.49. The Balaban J connectivity index is 1.45. The summed E-state index contributed by atoms with van der Waals surface area (Å²) < 4.78 is 28.3. The second-order valence-electron chi connectivity index (χ2n) is 6.88. The highest BCUT2D eigenvalue weighted by atomic mass is 35.5. The average molecular weight is 403 g/mol. The summed E-state index contributed by atoms with van der Waals surface area (Å²) in [6.45, 7) is 3.78. The molecular weight excluding hydrogens is 378 g/mol. The van der Waals surface area contributed by atoms with Crippen LogP contribution < -0.4 is 19.9 Å². The van der Waals surface area contributed by atoms with Gasteiger partial charge in [0.05, 0.1) is 56.2 Å². The minimum atomic E-state index is -3.14. The molecule has 9 heteroatoms. The Hall–Kier alpha value is -1.51. The van der Waals surface area contributed by atoms with Gasteiger partial charge >= 0.3 is 0 Å². The molecule has 0 bridgehead atoms. The van der Waals surface area contributed by atoms with Crippen molar-refractivity contribution in [1.29, 1.82) is 0 Å². The maximum Gasteiger partial charge on any atom is 0.275 e. The van der Waals surface area contributed by atoms with Crippen molar-refractivity contribution >= 4 is 33.0 Å². The monoisotopic (exact) mass is 402 g/mol. The molecule has 0 radical (unpaired) electrons. The van der Waals surface area contributed by atoms with Crippen molar-refractivity contribution in [2.75, 3.05) is 56.2 Å². The normalized spacial score (nSPS) is 25.8. The number of hydrogen-bond acceptors (Lipinski definition) is 5. The van der Waals surface area contributed by atoms with E-state index in [0.29, 0.717) is 6.54 Å². The van der Waals surface area contributed by atoms with Crippen molar-refractivity contribution in [3.8, 4) is 5.75 Å². The van der Waals surface area contributed by atoms with Crippen molar-refractivity contribution in [1.82, 2.24) is 5.32 Å². The van der Waals surface area contributed by atoms with Crippen LogP contribution in [0.4, 0.5) is 5.69 Å². The van der Waals surface area contributed by atoms with Crippen LogP contribution >= 0.6 is 11.6 Å². The van der Waals surface area contributed by atoms with Crippen molar-refractivity contribution in [2.45, 2.75) is 11.4 Å². The zero-order valence-electron chi connectivity index (χ0n) is 14.8. The lowest BCUT2D eigenvalue weighted by Gasteiger charge is -2.33. The van der Waals surface area contributed by atoms with E-state index in [1.54, 1.807) is 7.11 Å². The van der Waals surface area contributed by atoms with Crippen LogP contribution in [0.25, 0.3) is 0 Å². The quantitative estimate of drug-likeness (QED) is 0.612. The van der Waals surface area contributed by atoms with Crippen molar-refractivity contribution < 1.29 is 22.8 Å². The zero-order valence-corrected chi connectivity index (χ0v) is 16.4. The number of carbonyl (C=O) groups excluding carboxylic acids is 1. The van der Waals surface area contributed by atoms with Gasteiger partial charge in [-0.1, -0.05) is 0 Å². The predicted octanol–water partition coefficient (Wildman–Crippen LogP) is -1.08. The smallest absolute Gasteiger partial charge is 0.275 e. The molecule has 0 unspecified atom stereocenters. The summed E-state index contributed by atoms with van der Waals surface area (Å²) in [4.78, 5) is 15.7. The minimum absolute atomic E-state index is 0.0620. The molecule has 2 aliphatic rings. The maximum absolute atomic E-state index is 12.2. The Morgan fingerprint density at radius 2 is 1.92 bits per heavy atom. The van der Waals surface area contributed by atoms with Gasteiger partial charge in [-0.15, -0.1) is 11.6 Å². The predicted molar refractivity (Wildman–Crippen MR) is 101 cm³/mol. The lowest BCUT2D eigenvalue weighted by atomic mass is 10.2. The number of carbonyl (C=O) groups is 1. The van der Waals surface area contributed by atoms with E-state index in [9.17, 15) is 13.2 Å². The fourth-order valence-corrected chi connectivity index (χ4v) is 6.02. The van der Waals surface area contributed by atoms with E-state index in [-0.39, 0.29) is 17.4 Å². The Kier molecular flexibility index (Phi) is 5.94. The fraction of sp³-hybridized carbons (Fsp3) is 0.588.